The largest absolute Gasteiger partial charge is 0.507 e. The first-order valence-electron chi connectivity index (χ1n) is 5.13. The third-order valence-corrected chi connectivity index (χ3v) is 2.97. The number of β-amino-alcohol motifs (C(OH)–C–C–N with tert-alkyl or cyclic N) is 2. The minimum atomic E-state index is -0.944. The maximum absolute atomic E-state index is 12.0. The Morgan fingerprint density at radius 1 is 1.29 bits per heavy atom. The van der Waals surface area contributed by atoms with Crippen molar-refractivity contribution in [2.75, 3.05) is 13.1 Å². The van der Waals surface area contributed by atoms with Crippen LogP contribution in [0.5, 0.6) is 5.75 Å². The average molecular weight is 258 g/mol. The molecule has 3 N–H and O–H groups in total. The second-order valence-electron chi connectivity index (χ2n) is 4.01. The fourth-order valence-corrected chi connectivity index (χ4v) is 1.96. The van der Waals surface area contributed by atoms with Crippen molar-refractivity contribution < 1.29 is 20.1 Å². The van der Waals surface area contributed by atoms with Crippen molar-refractivity contribution in [2.45, 2.75) is 12.2 Å². The molecule has 0 spiro atoms. The van der Waals surface area contributed by atoms with E-state index in [-0.39, 0.29) is 24.4 Å². The molecule has 2 rings (SSSR count). The van der Waals surface area contributed by atoms with Gasteiger partial charge in [0, 0.05) is 18.1 Å². The highest BCUT2D eigenvalue weighted by atomic mass is 35.5. The van der Waals surface area contributed by atoms with Gasteiger partial charge in [-0.15, -0.1) is 0 Å². The summed E-state index contributed by atoms with van der Waals surface area (Å²) < 4.78 is 0. The van der Waals surface area contributed by atoms with Crippen LogP contribution in [-0.4, -0.2) is 51.4 Å². The lowest BCUT2D eigenvalue weighted by Crippen LogP contribution is -2.29. The molecule has 1 saturated heterocycles. The summed E-state index contributed by atoms with van der Waals surface area (Å²) in [5.74, 6) is -0.629. The van der Waals surface area contributed by atoms with E-state index in [4.69, 9.17) is 11.6 Å². The van der Waals surface area contributed by atoms with E-state index in [1.165, 1.54) is 23.1 Å². The van der Waals surface area contributed by atoms with Gasteiger partial charge in [0.25, 0.3) is 5.91 Å². The molecule has 92 valence electrons. The Balaban J connectivity index is 2.23. The van der Waals surface area contributed by atoms with Crippen LogP contribution in [0.2, 0.25) is 5.02 Å². The molecule has 6 heteroatoms. The molecule has 0 aliphatic carbocycles. The van der Waals surface area contributed by atoms with Crippen LogP contribution in [0.3, 0.4) is 0 Å². The predicted octanol–water partition coefficient (Wildman–Crippen LogP) is 0.223. The number of likely N-dealkylation sites (tertiary alicyclic amines) is 1. The Morgan fingerprint density at radius 3 is 2.47 bits per heavy atom. The van der Waals surface area contributed by atoms with E-state index in [2.05, 4.69) is 0 Å². The quantitative estimate of drug-likeness (QED) is 0.672. The molecule has 2 atom stereocenters. The number of carbonyl (C=O) groups is 1. The molecule has 0 aromatic heterocycles. The second-order valence-corrected chi connectivity index (χ2v) is 4.44. The minimum absolute atomic E-state index is 0.0476. The van der Waals surface area contributed by atoms with E-state index < -0.39 is 18.1 Å². The zero-order valence-corrected chi connectivity index (χ0v) is 9.63. The van der Waals surface area contributed by atoms with E-state index in [0.29, 0.717) is 5.02 Å². The van der Waals surface area contributed by atoms with Crippen LogP contribution in [0.25, 0.3) is 0 Å². The van der Waals surface area contributed by atoms with Crippen molar-refractivity contribution in [1.29, 1.82) is 0 Å². The minimum Gasteiger partial charge on any atom is -0.507 e. The normalized spacial score (nSPS) is 24.1. The molecule has 1 aromatic rings. The Kier molecular flexibility index (Phi) is 3.24. The molecule has 1 aliphatic heterocycles. The Bertz CT molecular complexity index is 441. The summed E-state index contributed by atoms with van der Waals surface area (Å²) in [6, 6.07) is 4.16. The Morgan fingerprint density at radius 2 is 1.88 bits per heavy atom. The van der Waals surface area contributed by atoms with Crippen molar-refractivity contribution in [1.82, 2.24) is 4.90 Å². The lowest BCUT2D eigenvalue weighted by Gasteiger charge is -2.16. The number of nitrogens with zero attached hydrogens (tertiary/aromatic N) is 1. The molecule has 1 fully saturated rings. The number of hydrogen-bond acceptors (Lipinski definition) is 4. The number of hydrogen-bond donors (Lipinski definition) is 3. The van der Waals surface area contributed by atoms with Crippen LogP contribution in [0.4, 0.5) is 0 Å². The van der Waals surface area contributed by atoms with E-state index in [1.807, 2.05) is 0 Å². The van der Waals surface area contributed by atoms with Crippen LogP contribution in [0.1, 0.15) is 10.4 Å². The third kappa shape index (κ3) is 2.36. The zero-order chi connectivity index (χ0) is 12.6. The molecule has 0 radical (unpaired) electrons. The Hall–Kier alpha value is -1.30. The SMILES string of the molecule is O=C(c1cc(Cl)ccc1O)N1C[C@@H](O)[C@@H](O)C1. The fraction of sp³-hybridized carbons (Fsp3) is 0.364. The van der Waals surface area contributed by atoms with Crippen LogP contribution >= 0.6 is 11.6 Å². The van der Waals surface area contributed by atoms with E-state index in [0.717, 1.165) is 0 Å². The molecule has 1 heterocycles. The van der Waals surface area contributed by atoms with Gasteiger partial charge in [-0.05, 0) is 18.2 Å². The summed E-state index contributed by atoms with van der Waals surface area (Å²) in [5.41, 5.74) is 0.0683. The lowest BCUT2D eigenvalue weighted by atomic mass is 10.2. The number of aliphatic hydroxyl groups excluding tert-OH is 2. The maximum atomic E-state index is 12.0. The number of phenols is 1. The molecule has 1 aromatic carbocycles. The van der Waals surface area contributed by atoms with E-state index in [1.54, 1.807) is 0 Å². The summed E-state index contributed by atoms with van der Waals surface area (Å²) in [7, 11) is 0. The molecule has 5 nitrogen and oxygen atoms in total. The number of halogens is 1. The van der Waals surface area contributed by atoms with Crippen molar-refractivity contribution >= 4 is 17.5 Å². The first-order chi connectivity index (χ1) is 7.99. The highest BCUT2D eigenvalue weighted by Gasteiger charge is 2.33. The first kappa shape index (κ1) is 12.2. The standard InChI is InChI=1S/C11H12ClNO4/c12-6-1-2-8(14)7(3-6)11(17)13-4-9(15)10(16)5-13/h1-3,9-10,14-16H,4-5H2/t9-,10+. The van der Waals surface area contributed by atoms with Gasteiger partial charge in [0.05, 0.1) is 17.8 Å². The summed E-state index contributed by atoms with van der Waals surface area (Å²) in [6.07, 6.45) is -1.89. The fourth-order valence-electron chi connectivity index (χ4n) is 1.79. The van der Waals surface area contributed by atoms with Crippen LogP contribution in [0.15, 0.2) is 18.2 Å². The molecule has 1 aliphatic rings. The lowest BCUT2D eigenvalue weighted by molar-refractivity contribution is 0.0572. The van der Waals surface area contributed by atoms with Crippen LogP contribution in [-0.2, 0) is 0 Å². The Labute approximate surface area is 103 Å². The number of carbonyl (C=O) groups excluding carboxylic acids is 1. The molecule has 0 unspecified atom stereocenters. The zero-order valence-electron chi connectivity index (χ0n) is 8.88. The van der Waals surface area contributed by atoms with Gasteiger partial charge in [0.15, 0.2) is 0 Å². The van der Waals surface area contributed by atoms with Crippen molar-refractivity contribution in [3.63, 3.8) is 0 Å². The molecular formula is C11H12ClNO4. The monoisotopic (exact) mass is 257 g/mol. The second kappa shape index (κ2) is 4.52. The number of phenolic OH excluding ortho intramolecular Hbond substituents is 1. The smallest absolute Gasteiger partial charge is 0.257 e. The summed E-state index contributed by atoms with van der Waals surface area (Å²) in [6.45, 7) is 0.0951. The average Bonchev–Trinajstić information content (AvgIpc) is 2.62. The molecule has 17 heavy (non-hydrogen) atoms. The number of amides is 1. The van der Waals surface area contributed by atoms with Gasteiger partial charge in [-0.3, -0.25) is 4.79 Å². The van der Waals surface area contributed by atoms with Gasteiger partial charge < -0.3 is 20.2 Å². The first-order valence-corrected chi connectivity index (χ1v) is 5.51. The summed E-state index contributed by atoms with van der Waals surface area (Å²) >= 11 is 5.74. The molecule has 1 amide bonds. The number of rotatable bonds is 1. The van der Waals surface area contributed by atoms with Gasteiger partial charge in [-0.25, -0.2) is 0 Å². The molecule has 0 bridgehead atoms. The number of aliphatic hydroxyl groups is 2. The van der Waals surface area contributed by atoms with Crippen molar-refractivity contribution in [2.24, 2.45) is 0 Å². The maximum Gasteiger partial charge on any atom is 0.257 e. The van der Waals surface area contributed by atoms with Gasteiger partial charge in [0.1, 0.15) is 5.75 Å². The van der Waals surface area contributed by atoms with Crippen LogP contribution < -0.4 is 0 Å². The van der Waals surface area contributed by atoms with Gasteiger partial charge in [-0.1, -0.05) is 11.6 Å². The topological polar surface area (TPSA) is 81.0 Å². The summed E-state index contributed by atoms with van der Waals surface area (Å²) in [5, 5.41) is 28.6. The predicted molar refractivity (Wildman–Crippen MR) is 61.0 cm³/mol. The molecular weight excluding hydrogens is 246 g/mol. The van der Waals surface area contributed by atoms with Crippen LogP contribution in [0, 0.1) is 0 Å². The van der Waals surface area contributed by atoms with Crippen molar-refractivity contribution in [3.05, 3.63) is 28.8 Å². The summed E-state index contributed by atoms with van der Waals surface area (Å²) in [4.78, 5) is 13.3. The number of benzene rings is 1. The van der Waals surface area contributed by atoms with Gasteiger partial charge >= 0.3 is 0 Å². The van der Waals surface area contributed by atoms with Gasteiger partial charge in [-0.2, -0.15) is 0 Å². The third-order valence-electron chi connectivity index (χ3n) is 2.74. The number of aromatic hydroxyl groups is 1. The van der Waals surface area contributed by atoms with Crippen molar-refractivity contribution in [3.8, 4) is 5.75 Å². The highest BCUT2D eigenvalue weighted by Crippen LogP contribution is 2.24. The molecule has 0 saturated carbocycles. The van der Waals surface area contributed by atoms with E-state index >= 15 is 0 Å². The van der Waals surface area contributed by atoms with E-state index in [9.17, 15) is 20.1 Å². The highest BCUT2D eigenvalue weighted by molar-refractivity contribution is 6.31. The van der Waals surface area contributed by atoms with Gasteiger partial charge in [0.2, 0.25) is 0 Å².